The molecule has 0 amide bonds. The van der Waals surface area contributed by atoms with E-state index in [9.17, 15) is 0 Å². The first-order valence-corrected chi connectivity index (χ1v) is 7.71. The molecule has 0 saturated heterocycles. The van der Waals surface area contributed by atoms with Gasteiger partial charge >= 0.3 is 0 Å². The fourth-order valence-corrected chi connectivity index (χ4v) is 2.77. The lowest BCUT2D eigenvalue weighted by molar-refractivity contribution is -0.0403. The van der Waals surface area contributed by atoms with E-state index in [2.05, 4.69) is 24.0 Å². The predicted octanol–water partition coefficient (Wildman–Crippen LogP) is 3.10. The number of nitrogens with two attached hydrogens (primary N) is 1. The van der Waals surface area contributed by atoms with Crippen molar-refractivity contribution in [2.45, 2.75) is 70.9 Å². The molecule has 0 aliphatic heterocycles. The summed E-state index contributed by atoms with van der Waals surface area (Å²) in [5.41, 5.74) is 5.53. The number of hydrogen-bond donors (Lipinski definition) is 1. The molecule has 1 aliphatic carbocycles. The Morgan fingerprint density at radius 1 is 1.40 bits per heavy atom. The molecule has 1 fully saturated rings. The van der Waals surface area contributed by atoms with Crippen LogP contribution >= 0.6 is 0 Å². The zero-order chi connectivity index (χ0) is 14.8. The number of hydrogen-bond acceptors (Lipinski definition) is 5. The van der Waals surface area contributed by atoms with Crippen molar-refractivity contribution in [1.29, 1.82) is 0 Å². The van der Waals surface area contributed by atoms with Crippen LogP contribution in [0.15, 0.2) is 4.52 Å². The van der Waals surface area contributed by atoms with Crippen LogP contribution in [0.25, 0.3) is 0 Å². The molecule has 20 heavy (non-hydrogen) atoms. The number of nitrogens with zero attached hydrogens (tertiary/aromatic N) is 2. The lowest BCUT2D eigenvalue weighted by Crippen LogP contribution is -2.40. The Hall–Kier alpha value is -0.940. The Labute approximate surface area is 121 Å². The summed E-state index contributed by atoms with van der Waals surface area (Å²) in [6.45, 7) is 8.92. The zero-order valence-electron chi connectivity index (χ0n) is 13.1. The van der Waals surface area contributed by atoms with Gasteiger partial charge in [-0.15, -0.1) is 0 Å². The average Bonchev–Trinajstić information content (AvgIpc) is 2.93. The van der Waals surface area contributed by atoms with Crippen molar-refractivity contribution in [3.05, 3.63) is 11.7 Å². The molecule has 0 spiro atoms. The number of aromatic nitrogens is 2. The first-order chi connectivity index (χ1) is 9.43. The SMILES string of the molecule is CCOC(C)(CC)c1noc(C2(N)CCC(C)CC2)n1. The Morgan fingerprint density at radius 3 is 2.60 bits per heavy atom. The van der Waals surface area contributed by atoms with E-state index >= 15 is 0 Å². The van der Waals surface area contributed by atoms with E-state index in [1.807, 2.05) is 13.8 Å². The smallest absolute Gasteiger partial charge is 0.246 e. The molecule has 1 aliphatic rings. The third-order valence-corrected chi connectivity index (χ3v) is 4.63. The van der Waals surface area contributed by atoms with Gasteiger partial charge in [-0.1, -0.05) is 19.0 Å². The molecule has 0 bridgehead atoms. The maximum Gasteiger partial charge on any atom is 0.246 e. The van der Waals surface area contributed by atoms with E-state index in [-0.39, 0.29) is 0 Å². The van der Waals surface area contributed by atoms with Gasteiger partial charge in [0.05, 0.1) is 5.54 Å². The minimum Gasteiger partial charge on any atom is -0.367 e. The second kappa shape index (κ2) is 5.82. The van der Waals surface area contributed by atoms with Crippen LogP contribution in [-0.4, -0.2) is 16.7 Å². The van der Waals surface area contributed by atoms with E-state index < -0.39 is 11.1 Å². The lowest BCUT2D eigenvalue weighted by Gasteiger charge is -2.32. The van der Waals surface area contributed by atoms with Gasteiger partial charge < -0.3 is 15.0 Å². The van der Waals surface area contributed by atoms with Gasteiger partial charge in [0.15, 0.2) is 0 Å². The van der Waals surface area contributed by atoms with Crippen LogP contribution in [0.3, 0.4) is 0 Å². The van der Waals surface area contributed by atoms with Gasteiger partial charge in [-0.2, -0.15) is 4.98 Å². The first kappa shape index (κ1) is 15.4. The molecule has 1 atom stereocenters. The van der Waals surface area contributed by atoms with E-state index in [1.54, 1.807) is 0 Å². The summed E-state index contributed by atoms with van der Waals surface area (Å²) in [5, 5.41) is 4.13. The van der Waals surface area contributed by atoms with Crippen molar-refractivity contribution in [1.82, 2.24) is 10.1 Å². The van der Waals surface area contributed by atoms with Gasteiger partial charge in [0, 0.05) is 6.61 Å². The quantitative estimate of drug-likeness (QED) is 0.897. The standard InChI is InChI=1S/C15H27N3O2/c1-5-14(4,19-6-2)12-17-13(20-18-12)15(16)9-7-11(3)8-10-15/h11H,5-10,16H2,1-4H3. The van der Waals surface area contributed by atoms with Crippen molar-refractivity contribution >= 4 is 0 Å². The van der Waals surface area contributed by atoms with Crippen LogP contribution in [-0.2, 0) is 15.9 Å². The molecular weight excluding hydrogens is 254 g/mol. The van der Waals surface area contributed by atoms with Gasteiger partial charge in [0.1, 0.15) is 5.60 Å². The molecule has 114 valence electrons. The lowest BCUT2D eigenvalue weighted by atomic mass is 9.78. The Morgan fingerprint density at radius 2 is 2.05 bits per heavy atom. The molecule has 0 radical (unpaired) electrons. The molecule has 1 unspecified atom stereocenters. The maximum atomic E-state index is 6.48. The summed E-state index contributed by atoms with van der Waals surface area (Å²) in [4.78, 5) is 4.56. The van der Waals surface area contributed by atoms with E-state index in [1.165, 1.54) is 0 Å². The van der Waals surface area contributed by atoms with Crippen LogP contribution in [0.1, 0.15) is 71.5 Å². The molecule has 0 aromatic carbocycles. The maximum absolute atomic E-state index is 6.48. The second-order valence-corrected chi connectivity index (χ2v) is 6.28. The molecule has 5 nitrogen and oxygen atoms in total. The van der Waals surface area contributed by atoms with Gasteiger partial charge in [0.25, 0.3) is 0 Å². The second-order valence-electron chi connectivity index (χ2n) is 6.28. The highest BCUT2D eigenvalue weighted by atomic mass is 16.5. The molecule has 1 saturated carbocycles. The molecule has 1 aromatic heterocycles. The van der Waals surface area contributed by atoms with Gasteiger partial charge in [0.2, 0.25) is 11.7 Å². The molecular formula is C15H27N3O2. The van der Waals surface area contributed by atoms with Gasteiger partial charge in [-0.3, -0.25) is 0 Å². The van der Waals surface area contributed by atoms with Crippen molar-refractivity contribution in [3.63, 3.8) is 0 Å². The van der Waals surface area contributed by atoms with Crippen LogP contribution in [0.4, 0.5) is 0 Å². The molecule has 2 rings (SSSR count). The highest BCUT2D eigenvalue weighted by Crippen LogP contribution is 2.37. The molecule has 1 aromatic rings. The van der Waals surface area contributed by atoms with E-state index in [4.69, 9.17) is 15.0 Å². The summed E-state index contributed by atoms with van der Waals surface area (Å²) in [5.74, 6) is 1.91. The van der Waals surface area contributed by atoms with Crippen molar-refractivity contribution in [3.8, 4) is 0 Å². The van der Waals surface area contributed by atoms with Crippen LogP contribution in [0.2, 0.25) is 0 Å². The minimum absolute atomic E-state index is 0.460. The highest BCUT2D eigenvalue weighted by Gasteiger charge is 2.39. The van der Waals surface area contributed by atoms with E-state index in [0.29, 0.717) is 18.3 Å². The predicted molar refractivity (Wildman–Crippen MR) is 77.1 cm³/mol. The summed E-state index contributed by atoms with van der Waals surface area (Å²) < 4.78 is 11.3. The van der Waals surface area contributed by atoms with Gasteiger partial charge in [-0.25, -0.2) is 0 Å². The van der Waals surface area contributed by atoms with Crippen molar-refractivity contribution in [2.75, 3.05) is 6.61 Å². The monoisotopic (exact) mass is 281 g/mol. The average molecular weight is 281 g/mol. The molecule has 2 N–H and O–H groups in total. The Kier molecular flexibility index (Phi) is 4.49. The largest absolute Gasteiger partial charge is 0.367 e. The Bertz CT molecular complexity index is 438. The molecule has 1 heterocycles. The fraction of sp³-hybridized carbons (Fsp3) is 0.867. The minimum atomic E-state index is -0.491. The van der Waals surface area contributed by atoms with E-state index in [0.717, 1.165) is 38.0 Å². The topological polar surface area (TPSA) is 74.2 Å². The van der Waals surface area contributed by atoms with Crippen LogP contribution in [0.5, 0.6) is 0 Å². The van der Waals surface area contributed by atoms with Crippen molar-refractivity contribution < 1.29 is 9.26 Å². The zero-order valence-corrected chi connectivity index (χ0v) is 13.1. The third kappa shape index (κ3) is 2.88. The fourth-order valence-electron chi connectivity index (χ4n) is 2.77. The number of ether oxygens (including phenoxy) is 1. The third-order valence-electron chi connectivity index (χ3n) is 4.63. The van der Waals surface area contributed by atoms with Crippen LogP contribution in [0, 0.1) is 5.92 Å². The summed E-state index contributed by atoms with van der Waals surface area (Å²) in [7, 11) is 0. The van der Waals surface area contributed by atoms with Crippen LogP contribution < -0.4 is 5.73 Å². The Balaban J connectivity index is 2.20. The highest BCUT2D eigenvalue weighted by molar-refractivity contribution is 5.07. The summed E-state index contributed by atoms with van der Waals surface area (Å²) >= 11 is 0. The van der Waals surface area contributed by atoms with Crippen molar-refractivity contribution in [2.24, 2.45) is 11.7 Å². The first-order valence-electron chi connectivity index (χ1n) is 7.71. The summed E-state index contributed by atoms with van der Waals surface area (Å²) in [6.07, 6.45) is 4.85. The summed E-state index contributed by atoms with van der Waals surface area (Å²) in [6, 6.07) is 0. The normalized spacial score (nSPS) is 30.1. The molecule has 5 heteroatoms. The number of rotatable bonds is 5. The van der Waals surface area contributed by atoms with Gasteiger partial charge in [-0.05, 0) is 51.9 Å².